The summed E-state index contributed by atoms with van der Waals surface area (Å²) in [6.45, 7) is 3.99. The fourth-order valence-corrected chi connectivity index (χ4v) is 3.29. The van der Waals surface area contributed by atoms with Crippen molar-refractivity contribution in [1.29, 1.82) is 0 Å². The lowest BCUT2D eigenvalue weighted by molar-refractivity contribution is -0.134. The minimum absolute atomic E-state index is 0.222. The molecule has 0 aliphatic rings. The fourth-order valence-electron chi connectivity index (χ4n) is 3.16. The number of carbonyl (C=O) groups is 3. The van der Waals surface area contributed by atoms with Gasteiger partial charge in [0.1, 0.15) is 23.9 Å². The van der Waals surface area contributed by atoms with Crippen molar-refractivity contribution in [2.45, 2.75) is 25.7 Å². The number of unbranched alkanes of at least 4 members (excludes halogenated alkanes) is 1. The fraction of sp³-hybridized carbons (Fsp3) is 0.179. The number of ether oxygens (including phenoxy) is 3. The first-order valence-corrected chi connectivity index (χ1v) is 11.5. The molecule has 180 valence electrons. The number of benzene rings is 3. The molecule has 0 atom stereocenters. The molecule has 0 N–H and O–H groups in total. The van der Waals surface area contributed by atoms with E-state index in [1.54, 1.807) is 54.6 Å². The second kappa shape index (κ2) is 13.1. The summed E-state index contributed by atoms with van der Waals surface area (Å²) in [5, 5.41) is -0.402. The first-order valence-electron chi connectivity index (χ1n) is 11.1. The van der Waals surface area contributed by atoms with Crippen LogP contribution in [0.1, 0.15) is 36.0 Å². The van der Waals surface area contributed by atoms with Crippen LogP contribution in [-0.4, -0.2) is 23.8 Å². The zero-order valence-electron chi connectivity index (χ0n) is 19.1. The third-order valence-electron chi connectivity index (χ3n) is 4.95. The van der Waals surface area contributed by atoms with Crippen molar-refractivity contribution in [3.63, 3.8) is 0 Å². The van der Waals surface area contributed by atoms with E-state index in [4.69, 9.17) is 25.8 Å². The monoisotopic (exact) mass is 492 g/mol. The SMILES string of the molecule is C=CCOc1ccc(C(=O)Oc2ccc(-c3ccc(OC(=O)CCCCC(=O)Cl)cc3)cc2)cc1. The molecule has 0 saturated carbocycles. The third kappa shape index (κ3) is 8.43. The Morgan fingerprint density at radius 2 is 1.23 bits per heavy atom. The van der Waals surface area contributed by atoms with Crippen molar-refractivity contribution in [2.75, 3.05) is 6.61 Å². The molecule has 0 saturated heterocycles. The van der Waals surface area contributed by atoms with E-state index in [0.29, 0.717) is 42.3 Å². The van der Waals surface area contributed by atoms with E-state index in [0.717, 1.165) is 11.1 Å². The molecule has 7 heteroatoms. The van der Waals surface area contributed by atoms with Gasteiger partial charge in [0, 0.05) is 12.8 Å². The van der Waals surface area contributed by atoms with Crippen LogP contribution in [0.5, 0.6) is 17.2 Å². The summed E-state index contributed by atoms with van der Waals surface area (Å²) in [7, 11) is 0. The summed E-state index contributed by atoms with van der Waals surface area (Å²) in [4.78, 5) is 35.0. The Morgan fingerprint density at radius 1 is 0.714 bits per heavy atom. The van der Waals surface area contributed by atoms with Crippen molar-refractivity contribution < 1.29 is 28.6 Å². The molecule has 0 aliphatic carbocycles. The van der Waals surface area contributed by atoms with Gasteiger partial charge in [-0.15, -0.1) is 0 Å². The van der Waals surface area contributed by atoms with Gasteiger partial charge >= 0.3 is 11.9 Å². The predicted molar refractivity (Wildman–Crippen MR) is 134 cm³/mol. The molecule has 0 heterocycles. The van der Waals surface area contributed by atoms with E-state index >= 15 is 0 Å². The second-order valence-corrected chi connectivity index (χ2v) is 8.02. The van der Waals surface area contributed by atoms with Crippen LogP contribution >= 0.6 is 11.6 Å². The average Bonchev–Trinajstić information content (AvgIpc) is 2.86. The zero-order valence-corrected chi connectivity index (χ0v) is 19.8. The van der Waals surface area contributed by atoms with E-state index in [-0.39, 0.29) is 18.8 Å². The van der Waals surface area contributed by atoms with Gasteiger partial charge in [-0.3, -0.25) is 9.59 Å². The van der Waals surface area contributed by atoms with Crippen LogP contribution < -0.4 is 14.2 Å². The van der Waals surface area contributed by atoms with Crippen LogP contribution in [-0.2, 0) is 9.59 Å². The number of hydrogen-bond acceptors (Lipinski definition) is 6. The summed E-state index contributed by atoms with van der Waals surface area (Å²) < 4.78 is 16.2. The number of rotatable bonds is 12. The molecular formula is C28H25ClO6. The van der Waals surface area contributed by atoms with Gasteiger partial charge in [0.05, 0.1) is 5.56 Å². The molecule has 0 aromatic heterocycles. The molecule has 6 nitrogen and oxygen atoms in total. The van der Waals surface area contributed by atoms with Crippen molar-refractivity contribution in [3.05, 3.63) is 91.0 Å². The summed E-state index contributed by atoms with van der Waals surface area (Å²) in [6, 6.07) is 20.9. The summed E-state index contributed by atoms with van der Waals surface area (Å²) >= 11 is 5.28. The summed E-state index contributed by atoms with van der Waals surface area (Å²) in [6.07, 6.45) is 3.22. The maximum atomic E-state index is 12.4. The van der Waals surface area contributed by atoms with Gasteiger partial charge in [0.15, 0.2) is 0 Å². The summed E-state index contributed by atoms with van der Waals surface area (Å²) in [5.74, 6) is 0.690. The van der Waals surface area contributed by atoms with Crippen LogP contribution in [0, 0.1) is 0 Å². The van der Waals surface area contributed by atoms with E-state index in [2.05, 4.69) is 6.58 Å². The van der Waals surface area contributed by atoms with E-state index < -0.39 is 11.2 Å². The molecule has 35 heavy (non-hydrogen) atoms. The molecule has 0 fully saturated rings. The minimum atomic E-state index is -0.464. The van der Waals surface area contributed by atoms with Crippen molar-refractivity contribution in [2.24, 2.45) is 0 Å². The van der Waals surface area contributed by atoms with Gasteiger partial charge in [0.25, 0.3) is 0 Å². The molecule has 0 aliphatic heterocycles. The normalized spacial score (nSPS) is 10.3. The van der Waals surface area contributed by atoms with Gasteiger partial charge in [0.2, 0.25) is 5.24 Å². The largest absolute Gasteiger partial charge is 0.490 e. The van der Waals surface area contributed by atoms with Gasteiger partial charge in [-0.25, -0.2) is 4.79 Å². The molecule has 0 spiro atoms. The minimum Gasteiger partial charge on any atom is -0.490 e. The molecule has 3 aromatic carbocycles. The van der Waals surface area contributed by atoms with Gasteiger partial charge in [-0.1, -0.05) is 36.9 Å². The standard InChI is InChI=1S/C28H25ClO6/c1-2-19-33-23-13-11-22(12-14-23)28(32)35-25-17-9-21(10-18-25)20-7-15-24(16-8-20)34-27(31)6-4-3-5-26(29)30/h2,7-18H,1,3-6,19H2. The topological polar surface area (TPSA) is 78.9 Å². The van der Waals surface area contributed by atoms with E-state index in [1.165, 1.54) is 0 Å². The lowest BCUT2D eigenvalue weighted by Crippen LogP contribution is -2.08. The molecule has 3 rings (SSSR count). The maximum absolute atomic E-state index is 12.4. The Kier molecular flexibility index (Phi) is 9.63. The maximum Gasteiger partial charge on any atom is 0.343 e. The molecular weight excluding hydrogens is 468 g/mol. The van der Waals surface area contributed by atoms with Crippen LogP contribution in [0.3, 0.4) is 0 Å². The number of carbonyl (C=O) groups excluding carboxylic acids is 3. The predicted octanol–water partition coefficient (Wildman–Crippen LogP) is 6.37. The molecule has 0 bridgehead atoms. The quantitative estimate of drug-likeness (QED) is 0.0960. The first-order chi connectivity index (χ1) is 16.9. The van der Waals surface area contributed by atoms with Gasteiger partial charge in [-0.2, -0.15) is 0 Å². The Morgan fingerprint density at radius 3 is 1.77 bits per heavy atom. The lowest BCUT2D eigenvalue weighted by atomic mass is 10.1. The molecule has 3 aromatic rings. The van der Waals surface area contributed by atoms with Crippen molar-refractivity contribution in [3.8, 4) is 28.4 Å². The van der Waals surface area contributed by atoms with Gasteiger partial charge < -0.3 is 14.2 Å². The number of esters is 2. The van der Waals surface area contributed by atoms with E-state index in [9.17, 15) is 14.4 Å². The second-order valence-electron chi connectivity index (χ2n) is 7.60. The lowest BCUT2D eigenvalue weighted by Gasteiger charge is -2.08. The third-order valence-corrected chi connectivity index (χ3v) is 5.14. The molecule has 0 amide bonds. The highest BCUT2D eigenvalue weighted by molar-refractivity contribution is 6.63. The highest BCUT2D eigenvalue weighted by atomic mass is 35.5. The summed E-state index contributed by atoms with van der Waals surface area (Å²) in [5.41, 5.74) is 2.24. The smallest absolute Gasteiger partial charge is 0.343 e. The van der Waals surface area contributed by atoms with Crippen molar-refractivity contribution in [1.82, 2.24) is 0 Å². The van der Waals surface area contributed by atoms with Crippen LogP contribution in [0.2, 0.25) is 0 Å². The Hall–Kier alpha value is -3.90. The highest BCUT2D eigenvalue weighted by Crippen LogP contribution is 2.25. The Balaban J connectivity index is 1.51. The number of hydrogen-bond donors (Lipinski definition) is 0. The molecule has 0 unspecified atom stereocenters. The van der Waals surface area contributed by atoms with Crippen LogP contribution in [0.4, 0.5) is 0 Å². The van der Waals surface area contributed by atoms with Crippen LogP contribution in [0.15, 0.2) is 85.5 Å². The van der Waals surface area contributed by atoms with E-state index in [1.807, 2.05) is 24.3 Å². The highest BCUT2D eigenvalue weighted by Gasteiger charge is 2.10. The average molecular weight is 493 g/mol. The number of halogens is 1. The Bertz CT molecular complexity index is 1150. The van der Waals surface area contributed by atoms with Crippen molar-refractivity contribution >= 4 is 28.8 Å². The van der Waals surface area contributed by atoms with Crippen LogP contribution in [0.25, 0.3) is 11.1 Å². The molecule has 0 radical (unpaired) electrons. The zero-order chi connectivity index (χ0) is 25.0. The Labute approximate surface area is 209 Å². The van der Waals surface area contributed by atoms with Gasteiger partial charge in [-0.05, 0) is 84.1 Å². The first kappa shape index (κ1) is 25.7.